The van der Waals surface area contributed by atoms with Crippen molar-refractivity contribution >= 4 is 16.7 Å². The highest BCUT2D eigenvalue weighted by Crippen LogP contribution is 2.24. The second kappa shape index (κ2) is 5.76. The van der Waals surface area contributed by atoms with Crippen molar-refractivity contribution in [1.82, 2.24) is 9.97 Å². The van der Waals surface area contributed by atoms with Crippen LogP contribution in [-0.4, -0.2) is 23.1 Å². The Labute approximate surface area is 130 Å². The molecule has 1 fully saturated rings. The normalized spacial score (nSPS) is 15.2. The minimum absolute atomic E-state index is 0.835. The lowest BCUT2D eigenvalue weighted by Crippen LogP contribution is -2.31. The quantitative estimate of drug-likeness (QED) is 0.711. The van der Waals surface area contributed by atoms with Gasteiger partial charge in [0.05, 0.1) is 5.69 Å². The molecule has 0 aliphatic carbocycles. The summed E-state index contributed by atoms with van der Waals surface area (Å²) in [6.07, 6.45) is 6.54. The summed E-state index contributed by atoms with van der Waals surface area (Å²) in [6, 6.07) is 16.9. The topological polar surface area (TPSA) is 29.0 Å². The average molecular weight is 288 g/mol. The van der Waals surface area contributed by atoms with E-state index < -0.39 is 0 Å². The highest BCUT2D eigenvalue weighted by molar-refractivity contribution is 5.86. The van der Waals surface area contributed by atoms with Gasteiger partial charge in [0.2, 0.25) is 5.95 Å². The number of anilines is 1. The Morgan fingerprint density at radius 3 is 2.73 bits per heavy atom. The Hall–Kier alpha value is -2.42. The van der Waals surface area contributed by atoms with Crippen LogP contribution in [0.3, 0.4) is 0 Å². The van der Waals surface area contributed by atoms with Crippen LogP contribution in [0.4, 0.5) is 5.95 Å². The van der Waals surface area contributed by atoms with Crippen molar-refractivity contribution in [3.63, 3.8) is 0 Å². The van der Waals surface area contributed by atoms with Gasteiger partial charge in [-0.15, -0.1) is 0 Å². The zero-order chi connectivity index (χ0) is 14.8. The Kier molecular flexibility index (Phi) is 3.47. The molecule has 0 amide bonds. The molecule has 1 aliphatic heterocycles. The molecule has 3 aromatic rings. The summed E-state index contributed by atoms with van der Waals surface area (Å²) in [4.78, 5) is 11.5. The summed E-state index contributed by atoms with van der Waals surface area (Å²) in [5.74, 6) is 0.835. The third-order valence-corrected chi connectivity index (χ3v) is 4.16. The Morgan fingerprint density at radius 1 is 0.955 bits per heavy atom. The zero-order valence-corrected chi connectivity index (χ0v) is 12.4. The third kappa shape index (κ3) is 2.54. The summed E-state index contributed by atoms with van der Waals surface area (Å²) in [5, 5.41) is 2.50. The molecular formula is C19H18N3. The monoisotopic (exact) mass is 288 g/mol. The lowest BCUT2D eigenvalue weighted by molar-refractivity contribution is 0.657. The van der Waals surface area contributed by atoms with Crippen LogP contribution in [0.2, 0.25) is 0 Å². The molecule has 1 aromatic heterocycles. The van der Waals surface area contributed by atoms with E-state index in [9.17, 15) is 0 Å². The standard InChI is InChI=1S/C19H18N3/c1-4-12-22(13-5-1)19-20-11-10-18(21-19)17-9-8-15-6-2-3-7-16(15)14-17/h2-4,6-11,14H,1,5,12-13H2. The molecule has 2 aromatic carbocycles. The van der Waals surface area contributed by atoms with E-state index >= 15 is 0 Å². The SMILES string of the molecule is [CH]1CCCN(c2nccc(-c3ccc4ccccc4c3)n2)C1. The number of aromatic nitrogens is 2. The van der Waals surface area contributed by atoms with E-state index in [-0.39, 0.29) is 0 Å². The molecule has 109 valence electrons. The van der Waals surface area contributed by atoms with E-state index in [0.29, 0.717) is 0 Å². The summed E-state index contributed by atoms with van der Waals surface area (Å²) in [5.41, 5.74) is 2.13. The number of benzene rings is 2. The van der Waals surface area contributed by atoms with Gasteiger partial charge in [-0.3, -0.25) is 0 Å². The van der Waals surface area contributed by atoms with Gasteiger partial charge < -0.3 is 4.90 Å². The van der Waals surface area contributed by atoms with Crippen molar-refractivity contribution < 1.29 is 0 Å². The fourth-order valence-electron chi connectivity index (χ4n) is 2.96. The van der Waals surface area contributed by atoms with Crippen molar-refractivity contribution in [2.24, 2.45) is 0 Å². The molecule has 3 nitrogen and oxygen atoms in total. The van der Waals surface area contributed by atoms with E-state index in [4.69, 9.17) is 4.98 Å². The van der Waals surface area contributed by atoms with Gasteiger partial charge in [0.1, 0.15) is 0 Å². The van der Waals surface area contributed by atoms with Crippen LogP contribution in [0.1, 0.15) is 12.8 Å². The number of fused-ring (bicyclic) bond motifs is 1. The largest absolute Gasteiger partial charge is 0.341 e. The number of hydrogen-bond acceptors (Lipinski definition) is 3. The van der Waals surface area contributed by atoms with Crippen molar-refractivity contribution in [2.75, 3.05) is 18.0 Å². The first-order valence-electron chi connectivity index (χ1n) is 7.79. The second-order valence-electron chi connectivity index (χ2n) is 5.68. The highest BCUT2D eigenvalue weighted by Gasteiger charge is 2.14. The van der Waals surface area contributed by atoms with Crippen LogP contribution in [0.15, 0.2) is 54.7 Å². The first-order valence-corrected chi connectivity index (χ1v) is 7.79. The lowest BCUT2D eigenvalue weighted by Gasteiger charge is -2.26. The van der Waals surface area contributed by atoms with Crippen LogP contribution in [-0.2, 0) is 0 Å². The number of hydrogen-bond donors (Lipinski definition) is 0. The minimum Gasteiger partial charge on any atom is -0.341 e. The maximum Gasteiger partial charge on any atom is 0.225 e. The van der Waals surface area contributed by atoms with Crippen molar-refractivity contribution in [3.8, 4) is 11.3 Å². The van der Waals surface area contributed by atoms with E-state index in [0.717, 1.165) is 30.3 Å². The number of rotatable bonds is 2. The molecule has 0 unspecified atom stereocenters. The average Bonchev–Trinajstić information content (AvgIpc) is 2.62. The molecule has 0 spiro atoms. The lowest BCUT2D eigenvalue weighted by atomic mass is 10.1. The first-order chi connectivity index (χ1) is 10.9. The van der Waals surface area contributed by atoms with E-state index in [1.165, 1.54) is 23.6 Å². The van der Waals surface area contributed by atoms with Crippen LogP contribution in [0.25, 0.3) is 22.0 Å². The van der Waals surface area contributed by atoms with Crippen LogP contribution in [0.5, 0.6) is 0 Å². The van der Waals surface area contributed by atoms with Gasteiger partial charge >= 0.3 is 0 Å². The zero-order valence-electron chi connectivity index (χ0n) is 12.4. The van der Waals surface area contributed by atoms with Crippen molar-refractivity contribution in [3.05, 3.63) is 61.1 Å². The predicted molar refractivity (Wildman–Crippen MR) is 90.7 cm³/mol. The summed E-state index contributed by atoms with van der Waals surface area (Å²) >= 11 is 0. The van der Waals surface area contributed by atoms with E-state index in [1.54, 1.807) is 0 Å². The maximum atomic E-state index is 4.77. The van der Waals surface area contributed by atoms with Crippen molar-refractivity contribution in [2.45, 2.75) is 12.8 Å². The Balaban J connectivity index is 1.71. The molecule has 1 radical (unpaired) electrons. The molecule has 0 bridgehead atoms. The van der Waals surface area contributed by atoms with Gasteiger partial charge in [-0.1, -0.05) is 36.4 Å². The van der Waals surface area contributed by atoms with Gasteiger partial charge in [-0.2, -0.15) is 0 Å². The smallest absolute Gasteiger partial charge is 0.225 e. The number of piperidine rings is 1. The van der Waals surface area contributed by atoms with Crippen molar-refractivity contribution in [1.29, 1.82) is 0 Å². The molecule has 2 heterocycles. The fourth-order valence-corrected chi connectivity index (χ4v) is 2.96. The van der Waals surface area contributed by atoms with Crippen LogP contribution >= 0.6 is 0 Å². The summed E-state index contributed by atoms with van der Waals surface area (Å²) < 4.78 is 0. The molecule has 0 N–H and O–H groups in total. The molecule has 1 aliphatic rings. The van der Waals surface area contributed by atoms with E-state index in [1.807, 2.05) is 12.3 Å². The predicted octanol–water partition coefficient (Wildman–Crippen LogP) is 4.10. The van der Waals surface area contributed by atoms with Gasteiger partial charge in [-0.25, -0.2) is 9.97 Å². The van der Waals surface area contributed by atoms with Gasteiger partial charge in [0.15, 0.2) is 0 Å². The molecule has 0 saturated carbocycles. The molecule has 0 atom stereocenters. The fraction of sp³-hybridized carbons (Fsp3) is 0.211. The van der Waals surface area contributed by atoms with Gasteiger partial charge in [0, 0.05) is 24.8 Å². The van der Waals surface area contributed by atoms with Gasteiger partial charge in [0.25, 0.3) is 0 Å². The van der Waals surface area contributed by atoms with Crippen LogP contribution < -0.4 is 4.90 Å². The number of nitrogens with zero attached hydrogens (tertiary/aromatic N) is 3. The second-order valence-corrected chi connectivity index (χ2v) is 5.68. The molecule has 22 heavy (non-hydrogen) atoms. The van der Waals surface area contributed by atoms with Crippen LogP contribution in [0, 0.1) is 6.42 Å². The first kappa shape index (κ1) is 13.3. The minimum atomic E-state index is 0.835. The highest BCUT2D eigenvalue weighted by atomic mass is 15.2. The molecule has 3 heteroatoms. The Bertz CT molecular complexity index is 791. The van der Waals surface area contributed by atoms with Gasteiger partial charge in [-0.05, 0) is 42.2 Å². The maximum absolute atomic E-state index is 4.77. The third-order valence-electron chi connectivity index (χ3n) is 4.16. The molecular weight excluding hydrogens is 270 g/mol. The Morgan fingerprint density at radius 2 is 1.86 bits per heavy atom. The summed E-state index contributed by atoms with van der Waals surface area (Å²) in [7, 11) is 0. The summed E-state index contributed by atoms with van der Waals surface area (Å²) in [6.45, 7) is 1.98. The van der Waals surface area contributed by atoms with E-state index in [2.05, 4.69) is 58.8 Å². The molecule has 4 rings (SSSR count). The molecule has 1 saturated heterocycles.